The summed E-state index contributed by atoms with van der Waals surface area (Å²) in [4.78, 5) is 4.50. The zero-order chi connectivity index (χ0) is 18.6. The first kappa shape index (κ1) is 18.2. The lowest BCUT2D eigenvalue weighted by molar-refractivity contribution is 0.367. The molecule has 134 valence electrons. The highest BCUT2D eigenvalue weighted by Crippen LogP contribution is 2.28. The summed E-state index contributed by atoms with van der Waals surface area (Å²) in [6.07, 6.45) is 28.1. The van der Waals surface area contributed by atoms with Crippen LogP contribution in [0.1, 0.15) is 5.69 Å². The number of allylic oxidation sites excluding steroid dienone is 10. The van der Waals surface area contributed by atoms with E-state index in [4.69, 9.17) is 9.47 Å². The molecule has 1 aliphatic rings. The Kier molecular flexibility index (Phi) is 7.02. The van der Waals surface area contributed by atoms with Gasteiger partial charge in [0, 0.05) is 11.6 Å². The van der Waals surface area contributed by atoms with E-state index in [1.807, 2.05) is 97.3 Å². The van der Waals surface area contributed by atoms with Gasteiger partial charge >= 0.3 is 0 Å². The molecule has 0 fully saturated rings. The van der Waals surface area contributed by atoms with E-state index in [0.717, 1.165) is 22.2 Å². The largest absolute Gasteiger partial charge is 0.489 e. The van der Waals surface area contributed by atoms with Crippen LogP contribution in [0.5, 0.6) is 5.75 Å². The number of hydrogen-bond donors (Lipinski definition) is 0. The molecule has 0 saturated heterocycles. The number of benzene rings is 1. The maximum Gasteiger partial charge on any atom is 0.129 e. The van der Waals surface area contributed by atoms with E-state index in [2.05, 4.69) is 11.1 Å². The van der Waals surface area contributed by atoms with Crippen LogP contribution in [-0.4, -0.2) is 11.6 Å². The Morgan fingerprint density at radius 3 is 2.33 bits per heavy atom. The van der Waals surface area contributed by atoms with Gasteiger partial charge < -0.3 is 9.47 Å². The number of ether oxygens (including phenoxy) is 2. The summed E-state index contributed by atoms with van der Waals surface area (Å²) in [5, 5.41) is 2.11. The van der Waals surface area contributed by atoms with E-state index >= 15 is 0 Å². The average molecular weight is 355 g/mol. The maximum absolute atomic E-state index is 5.97. The van der Waals surface area contributed by atoms with Gasteiger partial charge in [0.05, 0.1) is 18.2 Å². The van der Waals surface area contributed by atoms with Crippen molar-refractivity contribution in [2.24, 2.45) is 0 Å². The van der Waals surface area contributed by atoms with Gasteiger partial charge in [-0.15, -0.1) is 0 Å². The van der Waals surface area contributed by atoms with Crippen molar-refractivity contribution in [3.8, 4) is 5.75 Å². The molecule has 0 spiro atoms. The number of hydrogen-bond acceptors (Lipinski definition) is 3. The molecule has 1 aliphatic heterocycles. The average Bonchev–Trinajstić information content (AvgIpc) is 2.69. The van der Waals surface area contributed by atoms with Crippen molar-refractivity contribution in [2.75, 3.05) is 6.61 Å². The first-order valence-corrected chi connectivity index (χ1v) is 8.76. The molecule has 0 N–H and O–H groups in total. The van der Waals surface area contributed by atoms with Gasteiger partial charge in [-0.3, -0.25) is 4.98 Å². The van der Waals surface area contributed by atoms with Crippen molar-refractivity contribution in [1.82, 2.24) is 4.98 Å². The van der Waals surface area contributed by atoms with Crippen molar-refractivity contribution >= 4 is 16.8 Å². The molecule has 3 nitrogen and oxygen atoms in total. The minimum Gasteiger partial charge on any atom is -0.489 e. The van der Waals surface area contributed by atoms with Crippen LogP contribution in [0.25, 0.3) is 16.8 Å². The summed E-state index contributed by atoms with van der Waals surface area (Å²) >= 11 is 0. The number of nitrogens with zero attached hydrogens (tertiary/aromatic N) is 1. The molecule has 0 aliphatic carbocycles. The van der Waals surface area contributed by atoms with Crippen LogP contribution in [0.3, 0.4) is 0 Å². The molecule has 27 heavy (non-hydrogen) atoms. The van der Waals surface area contributed by atoms with Crippen molar-refractivity contribution in [1.29, 1.82) is 0 Å². The minimum absolute atomic E-state index is 0.490. The van der Waals surface area contributed by atoms with E-state index < -0.39 is 0 Å². The molecule has 2 heterocycles. The van der Waals surface area contributed by atoms with Gasteiger partial charge in [0.1, 0.15) is 12.4 Å². The molecule has 0 bridgehead atoms. The molecule has 2 aromatic rings. The molecule has 0 amide bonds. The van der Waals surface area contributed by atoms with Crippen LogP contribution >= 0.6 is 0 Å². The monoisotopic (exact) mass is 355 g/mol. The predicted molar refractivity (Wildman–Crippen MR) is 112 cm³/mol. The zero-order valence-corrected chi connectivity index (χ0v) is 14.9. The van der Waals surface area contributed by atoms with Crippen molar-refractivity contribution < 1.29 is 9.47 Å². The summed E-state index contributed by atoms with van der Waals surface area (Å²) in [5.74, 6) is 0.825. The van der Waals surface area contributed by atoms with Gasteiger partial charge in [-0.2, -0.15) is 0 Å². The van der Waals surface area contributed by atoms with E-state index in [9.17, 15) is 0 Å². The van der Waals surface area contributed by atoms with E-state index in [-0.39, 0.29) is 0 Å². The third-order valence-electron chi connectivity index (χ3n) is 3.71. The van der Waals surface area contributed by atoms with Crippen LogP contribution in [0.15, 0.2) is 110 Å². The smallest absolute Gasteiger partial charge is 0.129 e. The lowest BCUT2D eigenvalue weighted by Gasteiger charge is -2.09. The standard InChI is InChI=1S/C24H21NO2/c1-2-5-9-18-26-19-10-7-4-8-14-22-24-21(16-17-25-22)13-12-15-23(24)27-20-11-6-3-1/h1-19H,20H2/b3-1-,5-2-,7-4-,11-6-,14-8-,18-9-,19-10-. The summed E-state index contributed by atoms with van der Waals surface area (Å²) in [7, 11) is 0. The molecular formula is C24H21NO2. The Balaban J connectivity index is 1.91. The fourth-order valence-electron chi connectivity index (χ4n) is 2.50. The molecule has 0 atom stereocenters. The van der Waals surface area contributed by atoms with Crippen LogP contribution < -0.4 is 4.74 Å². The molecule has 1 aromatic carbocycles. The van der Waals surface area contributed by atoms with Crippen molar-refractivity contribution in [3.63, 3.8) is 0 Å². The van der Waals surface area contributed by atoms with Gasteiger partial charge in [-0.05, 0) is 41.8 Å². The van der Waals surface area contributed by atoms with Crippen LogP contribution in [-0.2, 0) is 4.74 Å². The van der Waals surface area contributed by atoms with E-state index in [0.29, 0.717) is 6.61 Å². The second-order valence-electron chi connectivity index (χ2n) is 5.60. The molecule has 0 unspecified atom stereocenters. The van der Waals surface area contributed by atoms with Gasteiger partial charge in [-0.1, -0.05) is 60.7 Å². The third kappa shape index (κ3) is 5.72. The van der Waals surface area contributed by atoms with Crippen molar-refractivity contribution in [2.45, 2.75) is 0 Å². The summed E-state index contributed by atoms with van der Waals surface area (Å²) < 4.78 is 11.2. The maximum atomic E-state index is 5.97. The predicted octanol–water partition coefficient (Wildman–Crippen LogP) is 5.91. The van der Waals surface area contributed by atoms with Gasteiger partial charge in [0.2, 0.25) is 0 Å². The van der Waals surface area contributed by atoms with Gasteiger partial charge in [0.25, 0.3) is 0 Å². The van der Waals surface area contributed by atoms with E-state index in [1.165, 1.54) is 0 Å². The first-order chi connectivity index (χ1) is 13.4. The first-order valence-electron chi connectivity index (χ1n) is 8.76. The molecule has 1 aromatic heterocycles. The summed E-state index contributed by atoms with van der Waals surface area (Å²) in [5.41, 5.74) is 0.874. The fraction of sp³-hybridized carbons (Fsp3) is 0.0417. The summed E-state index contributed by atoms with van der Waals surface area (Å²) in [6.45, 7) is 0.490. The Bertz CT molecular complexity index is 954. The topological polar surface area (TPSA) is 31.4 Å². The third-order valence-corrected chi connectivity index (χ3v) is 3.71. The zero-order valence-electron chi connectivity index (χ0n) is 14.9. The number of pyridine rings is 1. The van der Waals surface area contributed by atoms with Crippen LogP contribution in [0.4, 0.5) is 0 Å². The molecule has 3 rings (SSSR count). The molecule has 3 heteroatoms. The minimum atomic E-state index is 0.490. The van der Waals surface area contributed by atoms with Gasteiger partial charge in [-0.25, -0.2) is 0 Å². The van der Waals surface area contributed by atoms with E-state index in [1.54, 1.807) is 12.5 Å². The number of aromatic nitrogens is 1. The molecular weight excluding hydrogens is 334 g/mol. The lowest BCUT2D eigenvalue weighted by atomic mass is 10.1. The Labute approximate surface area is 159 Å². The van der Waals surface area contributed by atoms with Gasteiger partial charge in [0.15, 0.2) is 0 Å². The molecule has 0 radical (unpaired) electrons. The normalized spacial score (nSPS) is 23.1. The fourth-order valence-corrected chi connectivity index (χ4v) is 2.50. The molecule has 0 saturated carbocycles. The summed E-state index contributed by atoms with van der Waals surface area (Å²) in [6, 6.07) is 8.03. The SMILES string of the molecule is C1=C\C=C/COc2cccc3ccnc(c23)\C=C/C=C\C=C/O/C=C\C=C/1. The lowest BCUT2D eigenvalue weighted by Crippen LogP contribution is -1.96. The highest BCUT2D eigenvalue weighted by Gasteiger charge is 2.06. The highest BCUT2D eigenvalue weighted by molar-refractivity contribution is 5.94. The number of rotatable bonds is 0. The second-order valence-corrected chi connectivity index (χ2v) is 5.60. The Morgan fingerprint density at radius 1 is 0.741 bits per heavy atom. The quantitative estimate of drug-likeness (QED) is 0.589. The van der Waals surface area contributed by atoms with Crippen molar-refractivity contribution in [3.05, 3.63) is 116 Å². The highest BCUT2D eigenvalue weighted by atomic mass is 16.5. The Morgan fingerprint density at radius 2 is 1.48 bits per heavy atom. The Hall–Kier alpha value is -3.59. The second kappa shape index (κ2) is 10.4. The van der Waals surface area contributed by atoms with Crippen LogP contribution in [0, 0.1) is 0 Å². The van der Waals surface area contributed by atoms with Crippen LogP contribution in [0.2, 0.25) is 0 Å².